The van der Waals surface area contributed by atoms with Gasteiger partial charge in [0, 0.05) is 36.4 Å². The summed E-state index contributed by atoms with van der Waals surface area (Å²) in [4.78, 5) is 20.8. The molecule has 0 aliphatic heterocycles. The molecule has 20 heavy (non-hydrogen) atoms. The standard InChI is InChI=1S/C13H9N2O4S/c1-20-12-4-2-8(14(16)17)6-10(12)11-7-9(15(18)19)3-5-13(11)20/h2-7H,1H3/q+1. The van der Waals surface area contributed by atoms with Gasteiger partial charge in [-0.3, -0.25) is 20.2 Å². The zero-order valence-electron chi connectivity index (χ0n) is 10.4. The highest BCUT2D eigenvalue weighted by Crippen LogP contribution is 2.43. The van der Waals surface area contributed by atoms with Crippen molar-refractivity contribution in [1.29, 1.82) is 0 Å². The van der Waals surface area contributed by atoms with Gasteiger partial charge in [-0.15, -0.1) is 0 Å². The predicted molar refractivity (Wildman–Crippen MR) is 78.2 cm³/mol. The number of hydrogen-bond acceptors (Lipinski definition) is 4. The van der Waals surface area contributed by atoms with E-state index in [9.17, 15) is 20.2 Å². The van der Waals surface area contributed by atoms with E-state index >= 15 is 0 Å². The molecule has 0 spiro atoms. The van der Waals surface area contributed by atoms with Crippen LogP contribution in [0.2, 0.25) is 0 Å². The van der Waals surface area contributed by atoms with Crippen molar-refractivity contribution in [2.75, 3.05) is 0 Å². The number of nitrogens with zero attached hydrogens (tertiary/aromatic N) is 2. The molecular formula is C13H9N2O4S+. The third-order valence-corrected chi connectivity index (χ3v) is 5.33. The first-order chi connectivity index (χ1) is 9.49. The van der Waals surface area contributed by atoms with Crippen molar-refractivity contribution >= 4 is 42.0 Å². The Morgan fingerprint density at radius 1 is 0.850 bits per heavy atom. The smallest absolute Gasteiger partial charge is 0.258 e. The van der Waals surface area contributed by atoms with Crippen LogP contribution >= 0.6 is 10.5 Å². The molecule has 1 aromatic heterocycles. The Morgan fingerprint density at radius 2 is 1.25 bits per heavy atom. The molecule has 0 amide bonds. The van der Waals surface area contributed by atoms with Crippen molar-refractivity contribution in [3.63, 3.8) is 0 Å². The number of fused-ring (bicyclic) bond motifs is 3. The lowest BCUT2D eigenvalue weighted by molar-refractivity contribution is -0.385. The topological polar surface area (TPSA) is 86.3 Å². The van der Waals surface area contributed by atoms with Gasteiger partial charge in [0.15, 0.2) is 9.40 Å². The predicted octanol–water partition coefficient (Wildman–Crippen LogP) is 4.10. The first-order valence-electron chi connectivity index (χ1n) is 5.72. The van der Waals surface area contributed by atoms with Gasteiger partial charge < -0.3 is 0 Å². The lowest BCUT2D eigenvalue weighted by Crippen LogP contribution is -1.87. The molecule has 3 rings (SSSR count). The first kappa shape index (κ1) is 12.5. The molecule has 0 aliphatic rings. The summed E-state index contributed by atoms with van der Waals surface area (Å²) < 4.78 is 1.98. The monoisotopic (exact) mass is 289 g/mol. The van der Waals surface area contributed by atoms with E-state index in [-0.39, 0.29) is 21.8 Å². The third kappa shape index (κ3) is 1.71. The van der Waals surface area contributed by atoms with Crippen molar-refractivity contribution in [3.05, 3.63) is 56.6 Å². The van der Waals surface area contributed by atoms with E-state index in [2.05, 4.69) is 0 Å². The highest BCUT2D eigenvalue weighted by Gasteiger charge is 2.22. The number of thiophene rings is 1. The van der Waals surface area contributed by atoms with Crippen LogP contribution in [0.25, 0.3) is 20.2 Å². The van der Waals surface area contributed by atoms with Gasteiger partial charge in [0.05, 0.1) is 20.6 Å². The summed E-state index contributed by atoms with van der Waals surface area (Å²) in [5, 5.41) is 23.2. The molecule has 2 aromatic carbocycles. The third-order valence-electron chi connectivity index (χ3n) is 3.30. The molecule has 0 aliphatic carbocycles. The van der Waals surface area contributed by atoms with Gasteiger partial charge in [0.1, 0.15) is 6.26 Å². The van der Waals surface area contributed by atoms with Gasteiger partial charge in [-0.05, 0) is 10.5 Å². The van der Waals surface area contributed by atoms with E-state index in [1.807, 2.05) is 6.26 Å². The number of non-ortho nitro benzene ring substituents is 2. The Morgan fingerprint density at radius 3 is 1.60 bits per heavy atom. The van der Waals surface area contributed by atoms with Crippen LogP contribution in [0.5, 0.6) is 0 Å². The van der Waals surface area contributed by atoms with Gasteiger partial charge in [-0.1, -0.05) is 0 Å². The molecule has 0 unspecified atom stereocenters. The minimum atomic E-state index is -0.455. The summed E-state index contributed by atoms with van der Waals surface area (Å²) in [6.45, 7) is 0. The van der Waals surface area contributed by atoms with E-state index in [1.54, 1.807) is 12.1 Å². The molecule has 6 nitrogen and oxygen atoms in total. The average Bonchev–Trinajstić information content (AvgIpc) is 2.71. The fourth-order valence-electron chi connectivity index (χ4n) is 2.34. The van der Waals surface area contributed by atoms with Crippen molar-refractivity contribution in [2.24, 2.45) is 6.26 Å². The SMILES string of the molecule is C[s+]1c2ccc([N+](=O)[O-])cc2c2cc([N+](=O)[O-])ccc21. The van der Waals surface area contributed by atoms with E-state index in [0.717, 1.165) is 20.2 Å². The maximum atomic E-state index is 10.9. The highest BCUT2D eigenvalue weighted by atomic mass is 32.2. The van der Waals surface area contributed by atoms with Crippen molar-refractivity contribution in [3.8, 4) is 0 Å². The van der Waals surface area contributed by atoms with Gasteiger partial charge in [0.2, 0.25) is 0 Å². The zero-order chi connectivity index (χ0) is 14.4. The number of rotatable bonds is 2. The molecular weight excluding hydrogens is 280 g/mol. The van der Waals surface area contributed by atoms with Gasteiger partial charge in [0.25, 0.3) is 11.4 Å². The van der Waals surface area contributed by atoms with Crippen LogP contribution in [0.3, 0.4) is 0 Å². The van der Waals surface area contributed by atoms with Gasteiger partial charge in [-0.2, -0.15) is 0 Å². The molecule has 0 saturated heterocycles. The van der Waals surface area contributed by atoms with Crippen molar-refractivity contribution in [1.82, 2.24) is 0 Å². The number of nitro groups is 2. The summed E-state index contributed by atoms with van der Waals surface area (Å²) in [5.41, 5.74) is 0.000197. The molecule has 0 N–H and O–H groups in total. The summed E-state index contributed by atoms with van der Waals surface area (Å²) >= 11 is 0. The Kier molecular flexibility index (Phi) is 2.65. The van der Waals surface area contributed by atoms with Crippen LogP contribution in [0.15, 0.2) is 36.4 Å². The fourth-order valence-corrected chi connectivity index (χ4v) is 4.12. The largest absolute Gasteiger partial charge is 0.270 e. The lowest BCUT2D eigenvalue weighted by atomic mass is 10.1. The molecule has 0 atom stereocenters. The fraction of sp³-hybridized carbons (Fsp3) is 0.0769. The summed E-state index contributed by atoms with van der Waals surface area (Å²) in [6, 6.07) is 9.42. The van der Waals surface area contributed by atoms with Crippen LogP contribution in [-0.2, 0) is 6.26 Å². The van der Waals surface area contributed by atoms with E-state index < -0.39 is 9.85 Å². The quantitative estimate of drug-likeness (QED) is 0.404. The molecule has 0 radical (unpaired) electrons. The van der Waals surface area contributed by atoms with E-state index in [4.69, 9.17) is 0 Å². The Hall–Kier alpha value is -2.54. The molecule has 1 heterocycles. The molecule has 0 bridgehead atoms. The van der Waals surface area contributed by atoms with Crippen LogP contribution in [-0.4, -0.2) is 9.85 Å². The van der Waals surface area contributed by atoms with Gasteiger partial charge >= 0.3 is 0 Å². The Bertz CT molecular complexity index is 814. The second-order valence-electron chi connectivity index (χ2n) is 4.39. The second kappa shape index (κ2) is 4.24. The van der Waals surface area contributed by atoms with Crippen LogP contribution in [0.4, 0.5) is 11.4 Å². The summed E-state index contributed by atoms with van der Waals surface area (Å²) in [7, 11) is -0.211. The Labute approximate surface area is 115 Å². The average molecular weight is 289 g/mol. The zero-order valence-corrected chi connectivity index (χ0v) is 11.2. The van der Waals surface area contributed by atoms with Crippen LogP contribution in [0, 0.1) is 20.2 Å². The normalized spacial score (nSPS) is 11.1. The number of benzene rings is 2. The lowest BCUT2D eigenvalue weighted by Gasteiger charge is -1.91. The molecule has 0 fully saturated rings. The van der Waals surface area contributed by atoms with Crippen molar-refractivity contribution < 1.29 is 9.85 Å². The number of hydrogen-bond donors (Lipinski definition) is 0. The minimum absolute atomic E-state index is 0.0000983. The highest BCUT2D eigenvalue weighted by molar-refractivity contribution is 7.41. The molecule has 3 aromatic rings. The first-order valence-corrected chi connectivity index (χ1v) is 7.35. The van der Waals surface area contributed by atoms with Gasteiger partial charge in [-0.25, -0.2) is 0 Å². The molecule has 100 valence electrons. The van der Waals surface area contributed by atoms with E-state index in [1.165, 1.54) is 24.3 Å². The maximum Gasteiger partial charge on any atom is 0.270 e. The van der Waals surface area contributed by atoms with Crippen LogP contribution < -0.4 is 0 Å². The second-order valence-corrected chi connectivity index (χ2v) is 6.29. The number of nitro benzene ring substituents is 2. The minimum Gasteiger partial charge on any atom is -0.258 e. The summed E-state index contributed by atoms with van der Waals surface area (Å²) in [5.74, 6) is 0. The molecule has 7 heteroatoms. The Balaban J connectivity index is 2.44. The molecule has 0 saturated carbocycles. The van der Waals surface area contributed by atoms with E-state index in [0.29, 0.717) is 0 Å². The van der Waals surface area contributed by atoms with Crippen LogP contribution in [0.1, 0.15) is 0 Å². The van der Waals surface area contributed by atoms with Crippen molar-refractivity contribution in [2.45, 2.75) is 0 Å². The number of aryl methyl sites for hydroxylation is 1. The summed E-state index contributed by atoms with van der Waals surface area (Å²) in [6.07, 6.45) is 2.02. The maximum absolute atomic E-state index is 10.9.